The van der Waals surface area contributed by atoms with Crippen molar-refractivity contribution in [2.45, 2.75) is 32.9 Å². The Hall–Kier alpha value is 0.240. The lowest BCUT2D eigenvalue weighted by Gasteiger charge is -2.21. The third-order valence-electron chi connectivity index (χ3n) is 2.79. The second kappa shape index (κ2) is 7.63. The third-order valence-corrected chi connectivity index (χ3v) is 3.86. The first-order valence-electron chi connectivity index (χ1n) is 5.78. The van der Waals surface area contributed by atoms with E-state index in [1.807, 2.05) is 18.2 Å². The van der Waals surface area contributed by atoms with E-state index in [-0.39, 0.29) is 0 Å². The summed E-state index contributed by atoms with van der Waals surface area (Å²) in [5.41, 5.74) is 1.12. The Kier molecular flexibility index (Phi) is 6.86. The molecule has 0 saturated heterocycles. The van der Waals surface area contributed by atoms with E-state index in [0.29, 0.717) is 17.8 Å². The molecule has 0 fully saturated rings. The van der Waals surface area contributed by atoms with Crippen molar-refractivity contribution in [1.82, 2.24) is 5.32 Å². The van der Waals surface area contributed by atoms with Crippen LogP contribution in [0, 0.1) is 5.92 Å². The van der Waals surface area contributed by atoms with Crippen molar-refractivity contribution in [3.8, 4) is 0 Å². The number of alkyl halides is 1. The van der Waals surface area contributed by atoms with E-state index in [1.165, 1.54) is 0 Å². The normalized spacial score (nSPS) is 13.1. The third kappa shape index (κ3) is 5.17. The predicted molar refractivity (Wildman–Crippen MR) is 80.0 cm³/mol. The average molecular weight is 339 g/mol. The van der Waals surface area contributed by atoms with Crippen molar-refractivity contribution in [3.63, 3.8) is 0 Å². The molecule has 96 valence electrons. The molecule has 0 bridgehead atoms. The highest BCUT2D eigenvalue weighted by Crippen LogP contribution is 2.21. The van der Waals surface area contributed by atoms with Crippen LogP contribution in [0.25, 0.3) is 0 Å². The summed E-state index contributed by atoms with van der Waals surface area (Å²) < 4.78 is 1.01. The number of hydrogen-bond acceptors (Lipinski definition) is 1. The van der Waals surface area contributed by atoms with Crippen molar-refractivity contribution < 1.29 is 0 Å². The molecular formula is C13H18BrCl2N. The fraction of sp³-hybridized carbons (Fsp3) is 0.538. The molecule has 0 aliphatic carbocycles. The van der Waals surface area contributed by atoms with Crippen LogP contribution < -0.4 is 5.32 Å². The lowest BCUT2D eigenvalue weighted by molar-refractivity contribution is 0.389. The van der Waals surface area contributed by atoms with Crippen LogP contribution in [0.1, 0.15) is 25.8 Å². The van der Waals surface area contributed by atoms with Gasteiger partial charge in [0.15, 0.2) is 0 Å². The summed E-state index contributed by atoms with van der Waals surface area (Å²) in [7, 11) is 0. The minimum Gasteiger partial charge on any atom is -0.310 e. The molecular weight excluding hydrogens is 321 g/mol. The summed E-state index contributed by atoms with van der Waals surface area (Å²) in [6.45, 7) is 5.19. The van der Waals surface area contributed by atoms with E-state index in [9.17, 15) is 0 Å². The zero-order valence-electron chi connectivity index (χ0n) is 10.1. The second-order valence-corrected chi connectivity index (χ2v) is 6.15. The molecule has 0 spiro atoms. The van der Waals surface area contributed by atoms with Crippen LogP contribution in [-0.4, -0.2) is 11.9 Å². The smallest absolute Gasteiger partial charge is 0.0462 e. The molecule has 0 aliphatic heterocycles. The summed E-state index contributed by atoms with van der Waals surface area (Å²) in [6.07, 6.45) is 0.980. The van der Waals surface area contributed by atoms with Gasteiger partial charge in [-0.1, -0.05) is 47.4 Å². The molecule has 0 radical (unpaired) electrons. The van der Waals surface area contributed by atoms with Crippen LogP contribution in [0.4, 0.5) is 0 Å². The fourth-order valence-electron chi connectivity index (χ4n) is 1.69. The Morgan fingerprint density at radius 1 is 1.35 bits per heavy atom. The van der Waals surface area contributed by atoms with Crippen LogP contribution in [-0.2, 0) is 6.54 Å². The van der Waals surface area contributed by atoms with Crippen molar-refractivity contribution in [1.29, 1.82) is 0 Å². The highest BCUT2D eigenvalue weighted by Gasteiger charge is 2.12. The summed E-state index contributed by atoms with van der Waals surface area (Å²) in [6, 6.07) is 6.41. The molecule has 1 atom stereocenters. The molecule has 0 saturated carbocycles. The monoisotopic (exact) mass is 337 g/mol. The summed E-state index contributed by atoms with van der Waals surface area (Å²) in [5.74, 6) is 1.26. The fourth-order valence-corrected chi connectivity index (χ4v) is 2.67. The lowest BCUT2D eigenvalue weighted by atomic mass is 10.0. The number of nitrogens with one attached hydrogen (secondary N) is 1. The van der Waals surface area contributed by atoms with E-state index in [1.54, 1.807) is 0 Å². The van der Waals surface area contributed by atoms with Crippen molar-refractivity contribution in [2.75, 3.05) is 5.88 Å². The van der Waals surface area contributed by atoms with E-state index in [2.05, 4.69) is 35.1 Å². The van der Waals surface area contributed by atoms with Gasteiger partial charge in [-0.25, -0.2) is 0 Å². The molecule has 0 aromatic heterocycles. The van der Waals surface area contributed by atoms with Crippen LogP contribution in [0.3, 0.4) is 0 Å². The largest absolute Gasteiger partial charge is 0.310 e. The van der Waals surface area contributed by atoms with Gasteiger partial charge >= 0.3 is 0 Å². The lowest BCUT2D eigenvalue weighted by Crippen LogP contribution is -2.33. The molecule has 1 unspecified atom stereocenters. The second-order valence-electron chi connectivity index (χ2n) is 4.44. The van der Waals surface area contributed by atoms with E-state index in [0.717, 1.165) is 28.0 Å². The summed E-state index contributed by atoms with van der Waals surface area (Å²) >= 11 is 15.4. The Labute approximate surface area is 122 Å². The summed E-state index contributed by atoms with van der Waals surface area (Å²) in [4.78, 5) is 0. The van der Waals surface area contributed by atoms with Gasteiger partial charge in [0.05, 0.1) is 0 Å². The van der Waals surface area contributed by atoms with Crippen LogP contribution in [0.2, 0.25) is 5.02 Å². The maximum absolute atomic E-state index is 6.17. The van der Waals surface area contributed by atoms with Gasteiger partial charge in [-0.2, -0.15) is 0 Å². The van der Waals surface area contributed by atoms with Crippen molar-refractivity contribution in [3.05, 3.63) is 33.3 Å². The maximum atomic E-state index is 6.17. The molecule has 1 nitrogen and oxygen atoms in total. The molecule has 1 aromatic carbocycles. The quantitative estimate of drug-likeness (QED) is 0.731. The van der Waals surface area contributed by atoms with Crippen LogP contribution in [0.5, 0.6) is 0 Å². The Morgan fingerprint density at radius 3 is 2.59 bits per heavy atom. The standard InChI is InChI=1S/C13H18BrCl2N/c1-9(2)13(5-6-15)17-8-10-3-4-11(14)7-12(10)16/h3-4,7,9,13,17H,5-6,8H2,1-2H3. The van der Waals surface area contributed by atoms with Crippen LogP contribution in [0.15, 0.2) is 22.7 Å². The first-order chi connectivity index (χ1) is 8.04. The van der Waals surface area contributed by atoms with Gasteiger partial charge in [0.25, 0.3) is 0 Å². The predicted octanol–water partition coefficient (Wildman–Crippen LogP) is 4.85. The van der Waals surface area contributed by atoms with Crippen molar-refractivity contribution in [2.24, 2.45) is 5.92 Å². The SMILES string of the molecule is CC(C)C(CCCl)NCc1ccc(Br)cc1Cl. The molecule has 0 aliphatic rings. The number of rotatable bonds is 6. The number of hydrogen-bond donors (Lipinski definition) is 1. The summed E-state index contributed by atoms with van der Waals surface area (Å²) in [5, 5.41) is 4.30. The molecule has 1 aromatic rings. The zero-order valence-corrected chi connectivity index (χ0v) is 13.2. The van der Waals surface area contributed by atoms with Crippen LogP contribution >= 0.6 is 39.1 Å². The minimum atomic E-state index is 0.437. The van der Waals surface area contributed by atoms with Crippen molar-refractivity contribution >= 4 is 39.1 Å². The van der Waals surface area contributed by atoms with Gasteiger partial charge < -0.3 is 5.32 Å². The van der Waals surface area contributed by atoms with Gasteiger partial charge in [0.1, 0.15) is 0 Å². The molecule has 17 heavy (non-hydrogen) atoms. The van der Waals surface area contributed by atoms with Gasteiger partial charge in [-0.05, 0) is 30.0 Å². The minimum absolute atomic E-state index is 0.437. The van der Waals surface area contributed by atoms with Gasteiger partial charge in [-0.15, -0.1) is 11.6 Å². The highest BCUT2D eigenvalue weighted by atomic mass is 79.9. The molecule has 0 amide bonds. The molecule has 1 rings (SSSR count). The molecule has 0 heterocycles. The Morgan fingerprint density at radius 2 is 2.06 bits per heavy atom. The number of benzene rings is 1. The Bertz CT molecular complexity index is 355. The van der Waals surface area contributed by atoms with Gasteiger partial charge in [0.2, 0.25) is 0 Å². The molecule has 1 N–H and O–H groups in total. The van der Waals surface area contributed by atoms with E-state index < -0.39 is 0 Å². The maximum Gasteiger partial charge on any atom is 0.0462 e. The first kappa shape index (κ1) is 15.3. The highest BCUT2D eigenvalue weighted by molar-refractivity contribution is 9.10. The Balaban J connectivity index is 2.59. The van der Waals surface area contributed by atoms with Gasteiger partial charge in [-0.3, -0.25) is 0 Å². The number of halogens is 3. The van der Waals surface area contributed by atoms with E-state index in [4.69, 9.17) is 23.2 Å². The van der Waals surface area contributed by atoms with E-state index >= 15 is 0 Å². The first-order valence-corrected chi connectivity index (χ1v) is 7.48. The average Bonchev–Trinajstić information content (AvgIpc) is 2.25. The zero-order chi connectivity index (χ0) is 12.8. The van der Waals surface area contributed by atoms with Gasteiger partial charge in [0, 0.05) is 28.0 Å². The molecule has 4 heteroatoms. The topological polar surface area (TPSA) is 12.0 Å².